The molecule has 1 aromatic heterocycles. The van der Waals surface area contributed by atoms with Crippen molar-refractivity contribution < 1.29 is 71.3 Å². The number of fused-ring (bicyclic) bond motifs is 1. The lowest BCUT2D eigenvalue weighted by Crippen LogP contribution is -2.70. The zero-order valence-electron chi connectivity index (χ0n) is 27.4. The lowest BCUT2D eigenvalue weighted by molar-refractivity contribution is -0.441. The van der Waals surface area contributed by atoms with E-state index >= 15 is 0 Å². The highest BCUT2D eigenvalue weighted by molar-refractivity contribution is 5.65. The molecule has 1 aliphatic heterocycles. The molecule has 0 N–H and O–H groups in total. The number of aryl methyl sites for hydroxylation is 1. The monoisotopic (exact) mass is 764 g/mol. The lowest BCUT2D eigenvalue weighted by atomic mass is 9.92. The van der Waals surface area contributed by atoms with E-state index in [2.05, 4.69) is 16.9 Å². The van der Waals surface area contributed by atoms with Crippen LogP contribution >= 0.6 is 0 Å². The molecule has 0 saturated heterocycles. The highest BCUT2D eigenvalue weighted by Gasteiger charge is 2.90. The highest BCUT2D eigenvalue weighted by Crippen LogP contribution is 2.61. The zero-order chi connectivity index (χ0) is 38.6. The number of unbranched alkanes of at least 4 members (excludes halogenated alkanes) is 4. The molecule has 4 rings (SSSR count). The van der Waals surface area contributed by atoms with Gasteiger partial charge in [-0.25, -0.2) is 9.97 Å². The molecule has 288 valence electrons. The summed E-state index contributed by atoms with van der Waals surface area (Å²) in [5.74, 6) is -38.2. The Morgan fingerprint density at radius 3 is 1.75 bits per heavy atom. The number of rotatable bonds is 18. The van der Waals surface area contributed by atoms with Crippen LogP contribution in [0.4, 0.5) is 57.1 Å². The van der Waals surface area contributed by atoms with Crippen LogP contribution < -0.4 is 9.47 Å². The predicted octanol–water partition coefficient (Wildman–Crippen LogP) is 11.0. The molecule has 0 amide bonds. The van der Waals surface area contributed by atoms with Gasteiger partial charge in [0.2, 0.25) is 6.29 Å². The highest BCUT2D eigenvalue weighted by atomic mass is 19.4. The molecule has 1 aliphatic rings. The average molecular weight is 765 g/mol. The maximum Gasteiger partial charge on any atom is 0.460 e. The van der Waals surface area contributed by atoms with E-state index in [1.807, 2.05) is 24.3 Å². The van der Waals surface area contributed by atoms with Crippen molar-refractivity contribution in [3.05, 3.63) is 60.4 Å². The minimum Gasteiger partial charge on any atom is -0.451 e. The summed E-state index contributed by atoms with van der Waals surface area (Å²) in [7, 11) is 0. The van der Waals surface area contributed by atoms with Gasteiger partial charge in [0.15, 0.2) is 17.3 Å². The molecule has 0 fully saturated rings. The standard InChI is InChI=1S/C34H33F13N2O3/c1-2-3-4-6-15-50-16-7-5-8-21-9-11-22(12-10-21)24-19-48-28(49-20-24)23-13-14-25-26(17-23)52-27(51-25)18-29(35,36)30(37,38)31(39,40)32(41,42)33(43,44)34(45,46)47/h9-14,17,19-20,27H,2-8,15-16,18H2,1H3. The second-order valence-corrected chi connectivity index (χ2v) is 12.2. The van der Waals surface area contributed by atoms with Gasteiger partial charge in [0.05, 0.1) is 6.42 Å². The van der Waals surface area contributed by atoms with E-state index in [0.29, 0.717) is 12.2 Å². The van der Waals surface area contributed by atoms with Gasteiger partial charge in [0.25, 0.3) is 0 Å². The largest absolute Gasteiger partial charge is 0.460 e. The first-order valence-corrected chi connectivity index (χ1v) is 16.1. The molecule has 0 saturated carbocycles. The maximum atomic E-state index is 14.4. The van der Waals surface area contributed by atoms with E-state index in [-0.39, 0.29) is 11.4 Å². The van der Waals surface area contributed by atoms with Crippen molar-refractivity contribution in [2.45, 2.75) is 100 Å². The van der Waals surface area contributed by atoms with Crippen molar-refractivity contribution in [1.29, 1.82) is 0 Å². The average Bonchev–Trinajstić information content (AvgIpc) is 3.48. The Morgan fingerprint density at radius 2 is 1.15 bits per heavy atom. The van der Waals surface area contributed by atoms with Crippen LogP contribution in [0.15, 0.2) is 54.9 Å². The molecule has 3 aromatic rings. The number of alkyl halides is 13. The first-order chi connectivity index (χ1) is 24.2. The summed E-state index contributed by atoms with van der Waals surface area (Å²) < 4.78 is 191. The van der Waals surface area contributed by atoms with Crippen LogP contribution in [-0.4, -0.2) is 65.3 Å². The Morgan fingerprint density at radius 1 is 0.596 bits per heavy atom. The summed E-state index contributed by atoms with van der Waals surface area (Å²) in [5, 5.41) is 0. The Labute approximate surface area is 289 Å². The van der Waals surface area contributed by atoms with E-state index in [1.165, 1.54) is 37.7 Å². The van der Waals surface area contributed by atoms with E-state index in [1.54, 1.807) is 0 Å². The Bertz CT molecular complexity index is 1620. The summed E-state index contributed by atoms with van der Waals surface area (Å²) >= 11 is 0. The number of nitrogens with zero attached hydrogens (tertiary/aromatic N) is 2. The molecule has 52 heavy (non-hydrogen) atoms. The molecule has 2 aromatic carbocycles. The Kier molecular flexibility index (Phi) is 12.3. The predicted molar refractivity (Wildman–Crippen MR) is 161 cm³/mol. The van der Waals surface area contributed by atoms with Crippen molar-refractivity contribution in [2.75, 3.05) is 13.2 Å². The van der Waals surface area contributed by atoms with Crippen LogP contribution in [0.1, 0.15) is 57.4 Å². The van der Waals surface area contributed by atoms with Crippen LogP contribution in [-0.2, 0) is 11.2 Å². The van der Waals surface area contributed by atoms with Gasteiger partial charge >= 0.3 is 35.8 Å². The Balaban J connectivity index is 1.35. The van der Waals surface area contributed by atoms with Gasteiger partial charge in [-0.2, -0.15) is 57.1 Å². The van der Waals surface area contributed by atoms with Gasteiger partial charge < -0.3 is 14.2 Å². The van der Waals surface area contributed by atoms with Gasteiger partial charge in [-0.15, -0.1) is 0 Å². The summed E-state index contributed by atoms with van der Waals surface area (Å²) in [5.41, 5.74) is 2.72. The molecule has 0 aliphatic carbocycles. The van der Waals surface area contributed by atoms with Crippen LogP contribution in [0, 0.1) is 0 Å². The minimum atomic E-state index is -7.98. The number of benzene rings is 2. The molecular formula is C34H33F13N2O3. The third kappa shape index (κ3) is 8.36. The third-order valence-electron chi connectivity index (χ3n) is 8.23. The van der Waals surface area contributed by atoms with Gasteiger partial charge in [-0.05, 0) is 55.0 Å². The topological polar surface area (TPSA) is 53.5 Å². The van der Waals surface area contributed by atoms with Crippen molar-refractivity contribution in [3.63, 3.8) is 0 Å². The van der Waals surface area contributed by atoms with Crippen LogP contribution in [0.25, 0.3) is 22.5 Å². The molecule has 2 heterocycles. The first-order valence-electron chi connectivity index (χ1n) is 16.1. The second-order valence-electron chi connectivity index (χ2n) is 12.2. The van der Waals surface area contributed by atoms with Gasteiger partial charge in [0.1, 0.15) is 0 Å². The fraction of sp³-hybridized carbons (Fsp3) is 0.529. The first kappa shape index (κ1) is 40.9. The van der Waals surface area contributed by atoms with Gasteiger partial charge in [-0.1, -0.05) is 50.5 Å². The molecule has 0 radical (unpaired) electrons. The summed E-state index contributed by atoms with van der Waals surface area (Å²) in [6, 6.07) is 11.2. The van der Waals surface area contributed by atoms with Gasteiger partial charge in [-0.3, -0.25) is 0 Å². The third-order valence-corrected chi connectivity index (χ3v) is 8.23. The van der Waals surface area contributed by atoms with Crippen LogP contribution in [0.5, 0.6) is 11.5 Å². The lowest BCUT2D eigenvalue weighted by Gasteiger charge is -2.39. The van der Waals surface area contributed by atoms with E-state index in [9.17, 15) is 57.1 Å². The number of hydrogen-bond donors (Lipinski definition) is 0. The molecule has 0 spiro atoms. The van der Waals surface area contributed by atoms with Crippen molar-refractivity contribution in [3.8, 4) is 34.0 Å². The second kappa shape index (κ2) is 15.6. The molecule has 5 nitrogen and oxygen atoms in total. The van der Waals surface area contributed by atoms with Crippen molar-refractivity contribution >= 4 is 0 Å². The molecule has 1 atom stereocenters. The summed E-state index contributed by atoms with van der Waals surface area (Å²) in [6.07, 6.45) is -2.38. The number of halogens is 13. The zero-order valence-corrected chi connectivity index (χ0v) is 27.4. The van der Waals surface area contributed by atoms with E-state index in [4.69, 9.17) is 14.2 Å². The summed E-state index contributed by atoms with van der Waals surface area (Å²) in [4.78, 5) is 8.47. The molecule has 1 unspecified atom stereocenters. The fourth-order valence-corrected chi connectivity index (χ4v) is 5.12. The van der Waals surface area contributed by atoms with E-state index < -0.39 is 60.0 Å². The van der Waals surface area contributed by atoms with Crippen LogP contribution in [0.3, 0.4) is 0 Å². The normalized spacial score (nSPS) is 15.7. The van der Waals surface area contributed by atoms with E-state index in [0.717, 1.165) is 55.5 Å². The molecule has 18 heteroatoms. The number of ether oxygens (including phenoxy) is 3. The number of hydrogen-bond acceptors (Lipinski definition) is 5. The summed E-state index contributed by atoms with van der Waals surface area (Å²) in [6.45, 7) is 3.63. The SMILES string of the molecule is CCCCCCOCCCCc1ccc(-c2cnc(-c3ccc4c(c3)OC(CC(F)(F)C(F)(F)C(F)(F)C(F)(F)C(F)(F)C(F)(F)F)O4)nc2)cc1. The quantitative estimate of drug-likeness (QED) is 0.0954. The minimum absolute atomic E-state index is 0.0622. The Hall–Kier alpha value is -3.83. The van der Waals surface area contributed by atoms with Crippen molar-refractivity contribution in [1.82, 2.24) is 9.97 Å². The fourth-order valence-electron chi connectivity index (χ4n) is 5.12. The smallest absolute Gasteiger partial charge is 0.451 e. The van der Waals surface area contributed by atoms with Crippen molar-refractivity contribution in [2.24, 2.45) is 0 Å². The maximum absolute atomic E-state index is 14.4. The van der Waals surface area contributed by atoms with Gasteiger partial charge in [0, 0.05) is 36.7 Å². The molecule has 0 bridgehead atoms. The van der Waals surface area contributed by atoms with Crippen LogP contribution in [0.2, 0.25) is 0 Å². The number of aromatic nitrogens is 2. The molecular weight excluding hydrogens is 731 g/mol.